The van der Waals surface area contributed by atoms with Crippen LogP contribution in [-0.4, -0.2) is 55.2 Å². The van der Waals surface area contributed by atoms with Crippen molar-refractivity contribution in [3.8, 4) is 0 Å². The van der Waals surface area contributed by atoms with Crippen LogP contribution in [0.4, 0.5) is 0 Å². The summed E-state index contributed by atoms with van der Waals surface area (Å²) in [5, 5.41) is 9.20. The molecule has 0 amide bonds. The molecule has 4 heteroatoms. The molecule has 0 spiro atoms. The average Bonchev–Trinajstić information content (AvgIpc) is 2.74. The highest BCUT2D eigenvalue weighted by Crippen LogP contribution is 2.17. The van der Waals surface area contributed by atoms with E-state index in [9.17, 15) is 5.11 Å². The Morgan fingerprint density at radius 3 is 2.56 bits per heavy atom. The van der Waals surface area contributed by atoms with Gasteiger partial charge in [-0.05, 0) is 33.2 Å². The Balaban J connectivity index is 2.24. The van der Waals surface area contributed by atoms with Crippen LogP contribution in [0.2, 0.25) is 0 Å². The van der Waals surface area contributed by atoms with Gasteiger partial charge in [0.25, 0.3) is 0 Å². The molecule has 1 saturated heterocycles. The van der Waals surface area contributed by atoms with Crippen LogP contribution < -0.4 is 0 Å². The first-order chi connectivity index (χ1) is 7.81. The second kappa shape index (κ2) is 8.01. The monoisotopic (exact) mass is 231 g/mol. The first-order valence-corrected chi connectivity index (χ1v) is 6.39. The van der Waals surface area contributed by atoms with Crippen LogP contribution in [0.25, 0.3) is 0 Å². The van der Waals surface area contributed by atoms with Gasteiger partial charge in [-0.15, -0.1) is 0 Å². The third-order valence-corrected chi connectivity index (χ3v) is 3.07. The normalized spacial score (nSPS) is 22.1. The van der Waals surface area contributed by atoms with Gasteiger partial charge in [-0.25, -0.2) is 0 Å². The molecule has 1 heterocycles. The minimum atomic E-state index is -0.0880. The van der Waals surface area contributed by atoms with E-state index in [1.807, 2.05) is 13.8 Å². The highest BCUT2D eigenvalue weighted by molar-refractivity contribution is 4.78. The van der Waals surface area contributed by atoms with Crippen molar-refractivity contribution in [2.45, 2.75) is 45.4 Å². The van der Waals surface area contributed by atoms with E-state index in [4.69, 9.17) is 9.47 Å². The molecule has 1 N–H and O–H groups in total. The van der Waals surface area contributed by atoms with Crippen molar-refractivity contribution in [2.75, 3.05) is 32.9 Å². The van der Waals surface area contributed by atoms with E-state index >= 15 is 0 Å². The van der Waals surface area contributed by atoms with Crippen molar-refractivity contribution < 1.29 is 14.6 Å². The molecule has 0 aliphatic carbocycles. The number of rotatable bonds is 8. The fraction of sp³-hybridized carbons (Fsp3) is 1.00. The third-order valence-electron chi connectivity index (χ3n) is 3.07. The quantitative estimate of drug-likeness (QED) is 0.638. The smallest absolute Gasteiger partial charge is 0.158 e. The Labute approximate surface area is 98.5 Å². The third kappa shape index (κ3) is 4.37. The van der Waals surface area contributed by atoms with Crippen LogP contribution in [0.1, 0.15) is 33.1 Å². The zero-order valence-corrected chi connectivity index (χ0v) is 10.5. The predicted octanol–water partition coefficient (Wildman–Crippen LogP) is 1.23. The maximum Gasteiger partial charge on any atom is 0.158 e. The lowest BCUT2D eigenvalue weighted by Crippen LogP contribution is -2.35. The lowest BCUT2D eigenvalue weighted by molar-refractivity contribution is -0.142. The van der Waals surface area contributed by atoms with Gasteiger partial charge in [-0.1, -0.05) is 0 Å². The molecule has 0 radical (unpaired) electrons. The average molecular weight is 231 g/mol. The molecule has 0 bridgehead atoms. The number of hydrogen-bond acceptors (Lipinski definition) is 4. The van der Waals surface area contributed by atoms with E-state index < -0.39 is 0 Å². The number of hydrogen-bond donors (Lipinski definition) is 1. The molecule has 0 saturated carbocycles. The summed E-state index contributed by atoms with van der Waals surface area (Å²) in [7, 11) is 0. The van der Waals surface area contributed by atoms with E-state index in [2.05, 4.69) is 4.90 Å². The molecule has 1 aliphatic rings. The minimum absolute atomic E-state index is 0.0880. The second-order valence-corrected chi connectivity index (χ2v) is 4.14. The number of nitrogens with zero attached hydrogens (tertiary/aromatic N) is 1. The van der Waals surface area contributed by atoms with Crippen LogP contribution in [0.5, 0.6) is 0 Å². The molecule has 4 nitrogen and oxygen atoms in total. The Morgan fingerprint density at radius 2 is 2.00 bits per heavy atom. The Morgan fingerprint density at radius 1 is 1.31 bits per heavy atom. The van der Waals surface area contributed by atoms with E-state index in [0.29, 0.717) is 19.3 Å². The maximum absolute atomic E-state index is 9.20. The molecule has 16 heavy (non-hydrogen) atoms. The van der Waals surface area contributed by atoms with Crippen LogP contribution in [0, 0.1) is 0 Å². The zero-order chi connectivity index (χ0) is 11.8. The summed E-state index contributed by atoms with van der Waals surface area (Å²) in [6.45, 7) is 7.67. The standard InChI is InChI=1S/C12H25NO3/c1-3-15-12(16-4-2)7-9-13-8-5-6-11(13)10-14/h11-12,14H,3-10H2,1-2H3. The van der Waals surface area contributed by atoms with Crippen LogP contribution in [0.3, 0.4) is 0 Å². The molecule has 1 aliphatic heterocycles. The number of ether oxygens (including phenoxy) is 2. The molecule has 1 atom stereocenters. The SMILES string of the molecule is CCOC(CCN1CCCC1CO)OCC. The van der Waals surface area contributed by atoms with Crippen LogP contribution in [0.15, 0.2) is 0 Å². The summed E-state index contributed by atoms with van der Waals surface area (Å²) < 4.78 is 11.0. The fourth-order valence-electron chi connectivity index (χ4n) is 2.25. The lowest BCUT2D eigenvalue weighted by atomic mass is 10.2. The van der Waals surface area contributed by atoms with Crippen LogP contribution in [-0.2, 0) is 9.47 Å². The van der Waals surface area contributed by atoms with Gasteiger partial charge >= 0.3 is 0 Å². The van der Waals surface area contributed by atoms with Crippen molar-refractivity contribution in [2.24, 2.45) is 0 Å². The summed E-state index contributed by atoms with van der Waals surface area (Å²) in [5.74, 6) is 0. The van der Waals surface area contributed by atoms with Crippen molar-refractivity contribution in [3.63, 3.8) is 0 Å². The summed E-state index contributed by atoms with van der Waals surface area (Å²) in [6, 6.07) is 0.351. The topological polar surface area (TPSA) is 41.9 Å². The van der Waals surface area contributed by atoms with Gasteiger partial charge in [-0.2, -0.15) is 0 Å². The summed E-state index contributed by atoms with van der Waals surface area (Å²) in [5.41, 5.74) is 0. The first kappa shape index (κ1) is 13.9. The van der Waals surface area contributed by atoms with Crippen molar-refractivity contribution in [1.29, 1.82) is 0 Å². The largest absolute Gasteiger partial charge is 0.395 e. The fourth-order valence-corrected chi connectivity index (χ4v) is 2.25. The van der Waals surface area contributed by atoms with Crippen molar-refractivity contribution >= 4 is 0 Å². The van der Waals surface area contributed by atoms with Gasteiger partial charge in [0, 0.05) is 32.2 Å². The first-order valence-electron chi connectivity index (χ1n) is 6.39. The van der Waals surface area contributed by atoms with Gasteiger partial charge in [0.05, 0.1) is 6.61 Å². The summed E-state index contributed by atoms with van der Waals surface area (Å²) in [4.78, 5) is 2.34. The van der Waals surface area contributed by atoms with E-state index in [-0.39, 0.29) is 12.9 Å². The summed E-state index contributed by atoms with van der Waals surface area (Å²) in [6.07, 6.45) is 3.11. The molecule has 0 aromatic carbocycles. The Kier molecular flexibility index (Phi) is 6.96. The molecular weight excluding hydrogens is 206 g/mol. The molecule has 1 unspecified atom stereocenters. The van der Waals surface area contributed by atoms with Crippen molar-refractivity contribution in [3.05, 3.63) is 0 Å². The molecule has 1 rings (SSSR count). The molecule has 0 aromatic rings. The molecular formula is C12H25NO3. The van der Waals surface area contributed by atoms with E-state index in [1.54, 1.807) is 0 Å². The van der Waals surface area contributed by atoms with E-state index in [0.717, 1.165) is 25.9 Å². The second-order valence-electron chi connectivity index (χ2n) is 4.14. The molecule has 1 fully saturated rings. The van der Waals surface area contributed by atoms with Gasteiger partial charge in [0.1, 0.15) is 0 Å². The van der Waals surface area contributed by atoms with Gasteiger partial charge < -0.3 is 14.6 Å². The van der Waals surface area contributed by atoms with Crippen LogP contribution >= 0.6 is 0 Å². The minimum Gasteiger partial charge on any atom is -0.395 e. The lowest BCUT2D eigenvalue weighted by Gasteiger charge is -2.25. The highest BCUT2D eigenvalue weighted by Gasteiger charge is 2.24. The van der Waals surface area contributed by atoms with E-state index in [1.165, 1.54) is 6.42 Å². The number of aliphatic hydroxyl groups is 1. The van der Waals surface area contributed by atoms with Gasteiger partial charge in [0.2, 0.25) is 0 Å². The van der Waals surface area contributed by atoms with Gasteiger partial charge in [-0.3, -0.25) is 4.90 Å². The number of likely N-dealkylation sites (tertiary alicyclic amines) is 1. The molecule has 96 valence electrons. The highest BCUT2D eigenvalue weighted by atomic mass is 16.7. The number of aliphatic hydroxyl groups excluding tert-OH is 1. The predicted molar refractivity (Wildman–Crippen MR) is 63.3 cm³/mol. The Bertz CT molecular complexity index is 172. The van der Waals surface area contributed by atoms with Gasteiger partial charge in [0.15, 0.2) is 6.29 Å². The Hall–Kier alpha value is -0.160. The molecule has 0 aromatic heterocycles. The summed E-state index contributed by atoms with van der Waals surface area (Å²) >= 11 is 0. The maximum atomic E-state index is 9.20. The van der Waals surface area contributed by atoms with Crippen molar-refractivity contribution in [1.82, 2.24) is 4.90 Å². The zero-order valence-electron chi connectivity index (χ0n) is 10.5.